The number of hydrogen-bond donors (Lipinski definition) is 0. The third-order valence-corrected chi connectivity index (χ3v) is 8.86. The van der Waals surface area contributed by atoms with Gasteiger partial charge in [-0.15, -0.1) is 0 Å². The summed E-state index contributed by atoms with van der Waals surface area (Å²) in [6, 6.07) is 21.4. The van der Waals surface area contributed by atoms with E-state index in [2.05, 4.69) is 30.0 Å². The van der Waals surface area contributed by atoms with Crippen LogP contribution in [0.1, 0.15) is 58.2 Å². The van der Waals surface area contributed by atoms with Crippen LogP contribution in [0, 0.1) is 12.7 Å². The molecule has 0 heterocycles. The van der Waals surface area contributed by atoms with E-state index in [1.165, 1.54) is 5.56 Å². The molecule has 6 rings (SSSR count). The average Bonchev–Trinajstić information content (AvgIpc) is 2.96. The molecular weight excluding hydrogens is 522 g/mol. The largest absolute Gasteiger partial charge is 0.416 e. The molecule has 2 atom stereocenters. The highest BCUT2D eigenvalue weighted by Gasteiger charge is 2.40. The van der Waals surface area contributed by atoms with Crippen molar-refractivity contribution in [3.8, 4) is 0 Å². The fourth-order valence-electron chi connectivity index (χ4n) is 6.47. The molecule has 4 aromatic carbocycles. The molecule has 0 spiro atoms. The summed E-state index contributed by atoms with van der Waals surface area (Å²) in [6.45, 7) is 7.14. The van der Waals surface area contributed by atoms with Crippen molar-refractivity contribution < 1.29 is 17.6 Å². The smallest absolute Gasteiger partial charge is 0.293 e. The molecule has 0 aliphatic heterocycles. The van der Waals surface area contributed by atoms with E-state index in [1.807, 2.05) is 68.6 Å². The second-order valence-electron chi connectivity index (χ2n) is 11.5. The van der Waals surface area contributed by atoms with E-state index < -0.39 is 29.0 Å². The van der Waals surface area contributed by atoms with Crippen LogP contribution in [-0.2, 0) is 25.6 Å². The molecule has 2 aliphatic rings. The van der Waals surface area contributed by atoms with Gasteiger partial charge in [-0.2, -0.15) is 13.2 Å². The second kappa shape index (κ2) is 10.3. The van der Waals surface area contributed by atoms with E-state index >= 15 is 4.39 Å². The van der Waals surface area contributed by atoms with Crippen molar-refractivity contribution in [2.75, 3.05) is 7.05 Å². The molecule has 2 aliphatic carbocycles. The van der Waals surface area contributed by atoms with Gasteiger partial charge in [0.2, 0.25) is 0 Å². The Kier molecular flexibility index (Phi) is 6.89. The first-order chi connectivity index (χ1) is 19.6. The summed E-state index contributed by atoms with van der Waals surface area (Å²) in [5.74, 6) is -1.77. The van der Waals surface area contributed by atoms with Gasteiger partial charge >= 0.3 is 6.18 Å². The van der Waals surface area contributed by atoms with Gasteiger partial charge < -0.3 is 0 Å². The first-order valence-corrected chi connectivity index (χ1v) is 14.0. The number of hydrogen-bond acceptors (Lipinski definition) is 1. The summed E-state index contributed by atoms with van der Waals surface area (Å²) >= 11 is 0. The minimum absolute atomic E-state index is 0.329. The van der Waals surface area contributed by atoms with Crippen LogP contribution in [-0.4, -0.2) is 17.5 Å². The van der Waals surface area contributed by atoms with Crippen molar-refractivity contribution >= 4 is 16.8 Å². The van der Waals surface area contributed by atoms with Gasteiger partial charge in [-0.05, 0) is 96.5 Å². The quantitative estimate of drug-likeness (QED) is 0.176. The molecule has 0 fully saturated rings. The molecule has 4 aromatic rings. The van der Waals surface area contributed by atoms with E-state index in [1.54, 1.807) is 0 Å². The predicted molar refractivity (Wildman–Crippen MR) is 158 cm³/mol. The maximum absolute atomic E-state index is 15.6. The van der Waals surface area contributed by atoms with Crippen LogP contribution in [0.5, 0.6) is 0 Å². The Labute approximate surface area is 238 Å². The molecular formula is C36H32F4N. The van der Waals surface area contributed by atoms with Crippen LogP contribution in [0.3, 0.4) is 0 Å². The zero-order valence-electron chi connectivity index (χ0n) is 23.2. The standard InChI is InChI=1S/C36H32F4N/c1-35(2,41(3)22-23-10-5-4-6-11-23)26-20-25-17-18-28-27-13-8-7-12-24(27)16-19-29(28)33(25)30(21-26)34-31(36(38,39)40)14-9-15-32(34)37/h4-7,9-12,14-19,21,30H,1,8,13,20,22H2,2-3H3. The van der Waals surface area contributed by atoms with Crippen molar-refractivity contribution in [1.82, 2.24) is 4.90 Å². The third-order valence-electron chi connectivity index (χ3n) is 8.86. The highest BCUT2D eigenvalue weighted by atomic mass is 19.4. The Morgan fingerprint density at radius 1 is 0.902 bits per heavy atom. The van der Waals surface area contributed by atoms with Gasteiger partial charge in [0.1, 0.15) is 5.82 Å². The molecule has 0 N–H and O–H groups in total. The summed E-state index contributed by atoms with van der Waals surface area (Å²) in [7, 11) is 1.97. The van der Waals surface area contributed by atoms with Crippen molar-refractivity contribution in [2.24, 2.45) is 0 Å². The normalized spacial score (nSPS) is 17.0. The zero-order chi connectivity index (χ0) is 28.9. The minimum atomic E-state index is -4.70. The number of halogens is 4. The number of nitrogens with zero attached hydrogens (tertiary/aromatic N) is 1. The highest BCUT2D eigenvalue weighted by molar-refractivity contribution is 5.94. The Balaban J connectivity index is 1.56. The minimum Gasteiger partial charge on any atom is -0.293 e. The van der Waals surface area contributed by atoms with E-state index in [9.17, 15) is 13.2 Å². The van der Waals surface area contributed by atoms with Crippen LogP contribution in [0.2, 0.25) is 0 Å². The lowest BCUT2D eigenvalue weighted by Gasteiger charge is -2.41. The van der Waals surface area contributed by atoms with Crippen molar-refractivity contribution in [2.45, 2.75) is 50.4 Å². The first-order valence-electron chi connectivity index (χ1n) is 14.0. The molecule has 0 saturated carbocycles. The summed E-state index contributed by atoms with van der Waals surface area (Å²) in [5.41, 5.74) is 3.94. The van der Waals surface area contributed by atoms with Crippen molar-refractivity contribution in [3.05, 3.63) is 142 Å². The number of rotatable bonds is 5. The maximum atomic E-state index is 15.6. The summed E-state index contributed by atoms with van der Waals surface area (Å²) in [5, 5.41) is 1.91. The molecule has 1 radical (unpaired) electrons. The second-order valence-corrected chi connectivity index (χ2v) is 11.5. The number of alkyl halides is 3. The fourth-order valence-corrected chi connectivity index (χ4v) is 6.47. The molecule has 2 unspecified atom stereocenters. The summed E-state index contributed by atoms with van der Waals surface area (Å²) < 4.78 is 58.8. The van der Waals surface area contributed by atoms with Crippen molar-refractivity contribution in [1.29, 1.82) is 0 Å². The number of benzene rings is 4. The molecule has 209 valence electrons. The highest BCUT2D eigenvalue weighted by Crippen LogP contribution is 2.47. The van der Waals surface area contributed by atoms with E-state index in [4.69, 9.17) is 0 Å². The van der Waals surface area contributed by atoms with Crippen LogP contribution < -0.4 is 0 Å². The van der Waals surface area contributed by atoms with Crippen LogP contribution in [0.25, 0.3) is 16.8 Å². The average molecular weight is 555 g/mol. The number of likely N-dealkylation sites (N-methyl/N-ethyl adjacent to an activating group) is 1. The Morgan fingerprint density at radius 2 is 1.66 bits per heavy atom. The number of allylic oxidation sites excluding steroid dienone is 2. The lowest BCUT2D eigenvalue weighted by molar-refractivity contribution is -0.138. The summed E-state index contributed by atoms with van der Waals surface area (Å²) in [4.78, 5) is 2.10. The fraction of sp³-hybridized carbons (Fsp3) is 0.250. The molecule has 0 bridgehead atoms. The van der Waals surface area contributed by atoms with Gasteiger partial charge in [-0.1, -0.05) is 78.9 Å². The number of fused-ring (bicyclic) bond motifs is 5. The molecule has 0 amide bonds. The third kappa shape index (κ3) is 4.91. The van der Waals surface area contributed by atoms with Gasteiger partial charge in [-0.3, -0.25) is 4.90 Å². The van der Waals surface area contributed by atoms with Gasteiger partial charge in [0.25, 0.3) is 0 Å². The van der Waals surface area contributed by atoms with Crippen LogP contribution in [0.15, 0.2) is 90.5 Å². The Morgan fingerprint density at radius 3 is 2.41 bits per heavy atom. The lowest BCUT2D eigenvalue weighted by atomic mass is 9.72. The SMILES string of the molecule is [CH2]C(C)(C1=CC(c2c(F)cccc2C(F)(F)F)c2c(ccc3c4c(ccc23)C=CCC4)C1)N(C)Cc1ccccc1. The first kappa shape index (κ1) is 27.5. The molecule has 41 heavy (non-hydrogen) atoms. The topological polar surface area (TPSA) is 3.24 Å². The predicted octanol–water partition coefficient (Wildman–Crippen LogP) is 9.30. The molecule has 1 nitrogen and oxygen atoms in total. The molecule has 0 saturated heterocycles. The van der Waals surface area contributed by atoms with Crippen molar-refractivity contribution in [3.63, 3.8) is 0 Å². The monoisotopic (exact) mass is 554 g/mol. The maximum Gasteiger partial charge on any atom is 0.416 e. The van der Waals surface area contributed by atoms with E-state index in [-0.39, 0.29) is 5.56 Å². The van der Waals surface area contributed by atoms with Gasteiger partial charge in [0.15, 0.2) is 0 Å². The molecule has 0 aromatic heterocycles. The molecule has 5 heteroatoms. The van der Waals surface area contributed by atoms with E-state index in [0.29, 0.717) is 13.0 Å². The van der Waals surface area contributed by atoms with E-state index in [0.717, 1.165) is 69.6 Å². The van der Waals surface area contributed by atoms with Gasteiger partial charge in [-0.25, -0.2) is 4.39 Å². The van der Waals surface area contributed by atoms with Crippen LogP contribution in [0.4, 0.5) is 17.6 Å². The Hall–Kier alpha value is -3.70. The number of aryl methyl sites for hydroxylation is 1. The zero-order valence-corrected chi connectivity index (χ0v) is 23.2. The lowest BCUT2D eigenvalue weighted by Crippen LogP contribution is -2.44. The van der Waals surface area contributed by atoms with Crippen LogP contribution >= 0.6 is 0 Å². The van der Waals surface area contributed by atoms with Gasteiger partial charge in [0, 0.05) is 23.6 Å². The Bertz CT molecular complexity index is 1680. The van der Waals surface area contributed by atoms with Gasteiger partial charge in [0.05, 0.1) is 5.56 Å². The summed E-state index contributed by atoms with van der Waals surface area (Å²) in [6.07, 6.45) is 3.69.